The molecule has 0 aliphatic carbocycles. The standard InChI is InChI=1S/C11H11Cl3N4O3S/c1-6(19)15-9(11(12,13)14)17-10(22)16-7-2-4-8(5-3-7)18(20)21/h2-5,9H,1H3,(H,15,19)(H2,16,17,22)/t9-/m1/s1. The minimum absolute atomic E-state index is 0.0539. The number of carbonyl (C=O) groups excluding carboxylic acids is 1. The van der Waals surface area contributed by atoms with Crippen molar-refractivity contribution >= 4 is 69.4 Å². The van der Waals surface area contributed by atoms with Crippen molar-refractivity contribution in [2.75, 3.05) is 5.32 Å². The fraction of sp³-hybridized carbons (Fsp3) is 0.273. The number of rotatable bonds is 4. The zero-order valence-corrected chi connectivity index (χ0v) is 14.2. The van der Waals surface area contributed by atoms with Crippen LogP contribution in [0.4, 0.5) is 11.4 Å². The van der Waals surface area contributed by atoms with E-state index in [1.54, 1.807) is 0 Å². The van der Waals surface area contributed by atoms with Crippen LogP contribution < -0.4 is 16.0 Å². The molecule has 1 atom stereocenters. The molecule has 0 aromatic heterocycles. The molecule has 1 aromatic rings. The molecule has 7 nitrogen and oxygen atoms in total. The highest BCUT2D eigenvalue weighted by Crippen LogP contribution is 2.29. The first kappa shape index (κ1) is 18.7. The van der Waals surface area contributed by atoms with Crippen molar-refractivity contribution < 1.29 is 9.72 Å². The van der Waals surface area contributed by atoms with Crippen LogP contribution in [-0.4, -0.2) is 25.9 Å². The molecular formula is C11H11Cl3N4O3S. The van der Waals surface area contributed by atoms with Gasteiger partial charge in [-0.3, -0.25) is 14.9 Å². The summed E-state index contributed by atoms with van der Waals surface area (Å²) in [6.45, 7) is 1.26. The third-order valence-corrected chi connectivity index (χ3v) is 3.16. The summed E-state index contributed by atoms with van der Waals surface area (Å²) in [5.74, 6) is -0.415. The molecule has 22 heavy (non-hydrogen) atoms. The maximum Gasteiger partial charge on any atom is 0.269 e. The molecule has 1 rings (SSSR count). The lowest BCUT2D eigenvalue weighted by Gasteiger charge is -2.27. The molecule has 0 heterocycles. The summed E-state index contributed by atoms with van der Waals surface area (Å²) in [6.07, 6.45) is -1.05. The van der Waals surface area contributed by atoms with Gasteiger partial charge in [-0.25, -0.2) is 0 Å². The summed E-state index contributed by atoms with van der Waals surface area (Å²) in [7, 11) is 0. The highest BCUT2D eigenvalue weighted by Gasteiger charge is 2.33. The third-order valence-electron chi connectivity index (χ3n) is 2.29. The molecule has 1 amide bonds. The summed E-state index contributed by atoms with van der Waals surface area (Å²) >= 11 is 22.2. The number of thiocarbonyl (C=S) groups is 1. The van der Waals surface area contributed by atoms with Gasteiger partial charge in [-0.2, -0.15) is 0 Å². The molecule has 0 radical (unpaired) electrons. The van der Waals surface area contributed by atoms with E-state index in [-0.39, 0.29) is 10.8 Å². The van der Waals surface area contributed by atoms with E-state index in [1.165, 1.54) is 31.2 Å². The first-order valence-electron chi connectivity index (χ1n) is 5.75. The second-order valence-electron chi connectivity index (χ2n) is 4.08. The van der Waals surface area contributed by atoms with Crippen LogP contribution in [0.5, 0.6) is 0 Å². The topological polar surface area (TPSA) is 96.3 Å². The van der Waals surface area contributed by atoms with Crippen LogP contribution in [0.1, 0.15) is 6.92 Å². The molecule has 0 saturated heterocycles. The molecule has 120 valence electrons. The number of hydrogen-bond acceptors (Lipinski definition) is 4. The van der Waals surface area contributed by atoms with Crippen LogP contribution >= 0.6 is 47.0 Å². The number of halogens is 3. The number of nitrogens with zero attached hydrogens (tertiary/aromatic N) is 1. The van der Waals surface area contributed by atoms with Crippen LogP contribution in [0, 0.1) is 10.1 Å². The van der Waals surface area contributed by atoms with Crippen molar-refractivity contribution in [1.82, 2.24) is 10.6 Å². The largest absolute Gasteiger partial charge is 0.339 e. The van der Waals surface area contributed by atoms with E-state index in [0.29, 0.717) is 5.69 Å². The number of anilines is 1. The number of nitrogens with one attached hydrogen (secondary N) is 3. The van der Waals surface area contributed by atoms with Crippen LogP contribution in [0.2, 0.25) is 0 Å². The van der Waals surface area contributed by atoms with Gasteiger partial charge in [-0.1, -0.05) is 34.8 Å². The smallest absolute Gasteiger partial charge is 0.269 e. The van der Waals surface area contributed by atoms with Crippen molar-refractivity contribution in [2.24, 2.45) is 0 Å². The summed E-state index contributed by atoms with van der Waals surface area (Å²) in [5, 5.41) is 18.4. The Labute approximate surface area is 146 Å². The predicted octanol–water partition coefficient (Wildman–Crippen LogP) is 2.71. The molecule has 11 heteroatoms. The van der Waals surface area contributed by atoms with Crippen LogP contribution in [0.3, 0.4) is 0 Å². The second-order valence-corrected chi connectivity index (χ2v) is 6.85. The van der Waals surface area contributed by atoms with Gasteiger partial charge in [0, 0.05) is 24.7 Å². The number of amides is 1. The Balaban J connectivity index is 2.71. The Morgan fingerprint density at radius 2 is 1.82 bits per heavy atom. The van der Waals surface area contributed by atoms with Gasteiger partial charge in [0.05, 0.1) is 4.92 Å². The molecule has 0 bridgehead atoms. The molecular weight excluding hydrogens is 375 g/mol. The normalized spacial score (nSPS) is 12.2. The van der Waals surface area contributed by atoms with Crippen LogP contribution in [-0.2, 0) is 4.79 Å². The van der Waals surface area contributed by atoms with Crippen molar-refractivity contribution in [3.8, 4) is 0 Å². The molecule has 0 spiro atoms. The van der Waals surface area contributed by atoms with Crippen molar-refractivity contribution in [1.29, 1.82) is 0 Å². The van der Waals surface area contributed by atoms with Gasteiger partial charge >= 0.3 is 0 Å². The van der Waals surface area contributed by atoms with E-state index in [9.17, 15) is 14.9 Å². The minimum Gasteiger partial charge on any atom is -0.339 e. The van der Waals surface area contributed by atoms with Gasteiger partial charge in [0.15, 0.2) is 5.11 Å². The summed E-state index contributed by atoms with van der Waals surface area (Å²) in [6, 6.07) is 5.56. The summed E-state index contributed by atoms with van der Waals surface area (Å²) in [4.78, 5) is 21.1. The van der Waals surface area contributed by atoms with Gasteiger partial charge < -0.3 is 16.0 Å². The highest BCUT2D eigenvalue weighted by atomic mass is 35.6. The Hall–Kier alpha value is -1.35. The van der Waals surface area contributed by atoms with E-state index in [4.69, 9.17) is 47.0 Å². The average molecular weight is 386 g/mol. The van der Waals surface area contributed by atoms with Gasteiger partial charge in [-0.15, -0.1) is 0 Å². The lowest BCUT2D eigenvalue weighted by atomic mass is 10.3. The molecule has 0 aliphatic heterocycles. The third kappa shape index (κ3) is 6.18. The van der Waals surface area contributed by atoms with E-state index in [0.717, 1.165) is 0 Å². The number of benzene rings is 1. The number of carbonyl (C=O) groups is 1. The number of nitro benzene ring substituents is 1. The van der Waals surface area contributed by atoms with Crippen LogP contribution in [0.15, 0.2) is 24.3 Å². The average Bonchev–Trinajstić information content (AvgIpc) is 2.36. The highest BCUT2D eigenvalue weighted by molar-refractivity contribution is 7.80. The maximum absolute atomic E-state index is 11.1. The molecule has 0 unspecified atom stereocenters. The van der Waals surface area contributed by atoms with Gasteiger partial charge in [0.25, 0.3) is 5.69 Å². The van der Waals surface area contributed by atoms with Crippen molar-refractivity contribution in [3.05, 3.63) is 34.4 Å². The first-order chi connectivity index (χ1) is 10.1. The summed E-state index contributed by atoms with van der Waals surface area (Å²) < 4.78 is -1.83. The SMILES string of the molecule is CC(=O)N[C@H](NC(=S)Nc1ccc([N+](=O)[O-])cc1)C(Cl)(Cl)Cl. The van der Waals surface area contributed by atoms with Gasteiger partial charge in [0.1, 0.15) is 6.17 Å². The number of nitro groups is 1. The summed E-state index contributed by atoms with van der Waals surface area (Å²) in [5.41, 5.74) is 0.441. The molecule has 1 aromatic carbocycles. The van der Waals surface area contributed by atoms with Crippen molar-refractivity contribution in [3.63, 3.8) is 0 Å². The molecule has 0 saturated carbocycles. The zero-order valence-electron chi connectivity index (χ0n) is 11.1. The number of alkyl halides is 3. The fourth-order valence-corrected chi connectivity index (χ4v) is 1.93. The van der Waals surface area contributed by atoms with Gasteiger partial charge in [-0.05, 0) is 24.4 Å². The monoisotopic (exact) mass is 384 g/mol. The number of hydrogen-bond donors (Lipinski definition) is 3. The quantitative estimate of drug-likeness (QED) is 0.242. The zero-order chi connectivity index (χ0) is 16.9. The first-order valence-corrected chi connectivity index (χ1v) is 7.29. The van der Waals surface area contributed by atoms with E-state index >= 15 is 0 Å². The Morgan fingerprint density at radius 3 is 2.23 bits per heavy atom. The van der Waals surface area contributed by atoms with Gasteiger partial charge in [0.2, 0.25) is 9.70 Å². The predicted molar refractivity (Wildman–Crippen MR) is 90.3 cm³/mol. The fourth-order valence-electron chi connectivity index (χ4n) is 1.37. The minimum atomic E-state index is -1.83. The Kier molecular flexibility index (Phi) is 6.61. The number of non-ortho nitro benzene ring substituents is 1. The molecule has 0 aliphatic rings. The van der Waals surface area contributed by atoms with E-state index < -0.39 is 20.8 Å². The Bertz CT molecular complexity index is 577. The Morgan fingerprint density at radius 1 is 1.27 bits per heavy atom. The molecule has 3 N–H and O–H groups in total. The van der Waals surface area contributed by atoms with E-state index in [1.807, 2.05) is 0 Å². The lowest BCUT2D eigenvalue weighted by Crippen LogP contribution is -2.55. The maximum atomic E-state index is 11.1. The molecule has 0 fully saturated rings. The van der Waals surface area contributed by atoms with Crippen molar-refractivity contribution in [2.45, 2.75) is 16.9 Å². The lowest BCUT2D eigenvalue weighted by molar-refractivity contribution is -0.384. The second kappa shape index (κ2) is 7.77. The van der Waals surface area contributed by atoms with Crippen LogP contribution in [0.25, 0.3) is 0 Å². The van der Waals surface area contributed by atoms with E-state index in [2.05, 4.69) is 16.0 Å².